The van der Waals surface area contributed by atoms with Gasteiger partial charge in [-0.05, 0) is 29.2 Å². The molecule has 0 spiro atoms. The quantitative estimate of drug-likeness (QED) is 0.756. The standard InChI is InChI=1S/C14H22N6OS/c1-10(2)8-13-15-12(17-21-13)9-22-14-16-18-19-20(14)11-6-4-3-5-7-11/h10-11H,3-9H2,1-2H3. The van der Waals surface area contributed by atoms with Gasteiger partial charge in [0.2, 0.25) is 11.0 Å². The number of tetrazole rings is 1. The number of hydrogen-bond donors (Lipinski definition) is 0. The Hall–Kier alpha value is -1.44. The summed E-state index contributed by atoms with van der Waals surface area (Å²) in [6.45, 7) is 4.27. The molecule has 2 aromatic rings. The van der Waals surface area contributed by atoms with Gasteiger partial charge in [-0.2, -0.15) is 4.98 Å². The summed E-state index contributed by atoms with van der Waals surface area (Å²) in [6.07, 6.45) is 6.99. The number of nitrogens with zero attached hydrogens (tertiary/aromatic N) is 6. The molecule has 1 saturated carbocycles. The average molecular weight is 322 g/mol. The van der Waals surface area contributed by atoms with Crippen molar-refractivity contribution in [3.8, 4) is 0 Å². The van der Waals surface area contributed by atoms with E-state index in [-0.39, 0.29) is 0 Å². The minimum atomic E-state index is 0.438. The van der Waals surface area contributed by atoms with Gasteiger partial charge in [0.05, 0.1) is 11.8 Å². The van der Waals surface area contributed by atoms with Gasteiger partial charge in [0.1, 0.15) is 0 Å². The Labute approximate surface area is 134 Å². The highest BCUT2D eigenvalue weighted by atomic mass is 32.2. The van der Waals surface area contributed by atoms with Gasteiger partial charge in [-0.3, -0.25) is 0 Å². The highest BCUT2D eigenvalue weighted by Crippen LogP contribution is 2.30. The maximum Gasteiger partial charge on any atom is 0.226 e. The van der Waals surface area contributed by atoms with Crippen LogP contribution in [0.3, 0.4) is 0 Å². The maximum absolute atomic E-state index is 5.26. The largest absolute Gasteiger partial charge is 0.339 e. The smallest absolute Gasteiger partial charge is 0.226 e. The molecule has 120 valence electrons. The van der Waals surface area contributed by atoms with Crippen molar-refractivity contribution in [1.82, 2.24) is 30.3 Å². The Morgan fingerprint density at radius 2 is 2.09 bits per heavy atom. The molecule has 22 heavy (non-hydrogen) atoms. The lowest BCUT2D eigenvalue weighted by Gasteiger charge is -2.21. The molecule has 0 N–H and O–H groups in total. The second kappa shape index (κ2) is 7.21. The van der Waals surface area contributed by atoms with Crippen LogP contribution in [0, 0.1) is 5.92 Å². The van der Waals surface area contributed by atoms with E-state index >= 15 is 0 Å². The van der Waals surface area contributed by atoms with Crippen LogP contribution in [0.25, 0.3) is 0 Å². The molecule has 1 aliphatic rings. The molecule has 0 aromatic carbocycles. The van der Waals surface area contributed by atoms with Crippen LogP contribution in [0.15, 0.2) is 9.68 Å². The minimum absolute atomic E-state index is 0.438. The van der Waals surface area contributed by atoms with Crippen molar-refractivity contribution in [3.05, 3.63) is 11.7 Å². The van der Waals surface area contributed by atoms with Crippen LogP contribution in [-0.4, -0.2) is 30.3 Å². The summed E-state index contributed by atoms with van der Waals surface area (Å²) in [6, 6.07) is 0.438. The zero-order valence-corrected chi connectivity index (χ0v) is 13.9. The Morgan fingerprint density at radius 1 is 1.27 bits per heavy atom. The van der Waals surface area contributed by atoms with Crippen molar-refractivity contribution in [2.75, 3.05) is 0 Å². The molecule has 3 rings (SSSR count). The maximum atomic E-state index is 5.26. The molecular formula is C14H22N6OS. The fourth-order valence-corrected chi connectivity index (χ4v) is 3.53. The summed E-state index contributed by atoms with van der Waals surface area (Å²) >= 11 is 1.57. The molecule has 0 atom stereocenters. The zero-order valence-electron chi connectivity index (χ0n) is 13.1. The van der Waals surface area contributed by atoms with Gasteiger partial charge in [0.15, 0.2) is 5.82 Å². The second-order valence-corrected chi connectivity index (χ2v) is 7.13. The summed E-state index contributed by atoms with van der Waals surface area (Å²) in [4.78, 5) is 4.42. The van der Waals surface area contributed by atoms with Gasteiger partial charge < -0.3 is 4.52 Å². The fraction of sp³-hybridized carbons (Fsp3) is 0.786. The normalized spacial score (nSPS) is 16.5. The fourth-order valence-electron chi connectivity index (χ4n) is 2.75. The summed E-state index contributed by atoms with van der Waals surface area (Å²) in [5.41, 5.74) is 0. The molecule has 0 saturated heterocycles. The summed E-state index contributed by atoms with van der Waals surface area (Å²) in [5.74, 6) is 2.56. The second-order valence-electron chi connectivity index (χ2n) is 6.19. The van der Waals surface area contributed by atoms with E-state index in [4.69, 9.17) is 4.52 Å². The molecule has 2 aromatic heterocycles. The van der Waals surface area contributed by atoms with E-state index in [1.54, 1.807) is 11.8 Å². The van der Waals surface area contributed by atoms with Crippen LogP contribution in [0.4, 0.5) is 0 Å². The average Bonchev–Trinajstić information content (AvgIpc) is 3.14. The van der Waals surface area contributed by atoms with Crippen LogP contribution in [0.5, 0.6) is 0 Å². The Balaban J connectivity index is 1.59. The molecule has 1 fully saturated rings. The lowest BCUT2D eigenvalue weighted by Crippen LogP contribution is -2.15. The van der Waals surface area contributed by atoms with E-state index in [1.807, 2.05) is 4.68 Å². The minimum Gasteiger partial charge on any atom is -0.339 e. The first-order chi connectivity index (χ1) is 10.7. The molecule has 2 heterocycles. The van der Waals surface area contributed by atoms with Crippen LogP contribution < -0.4 is 0 Å². The van der Waals surface area contributed by atoms with Gasteiger partial charge >= 0.3 is 0 Å². The molecule has 8 heteroatoms. The Bertz CT molecular complexity index is 590. The van der Waals surface area contributed by atoms with Crippen molar-refractivity contribution in [1.29, 1.82) is 0 Å². The van der Waals surface area contributed by atoms with Crippen LogP contribution in [0.1, 0.15) is 63.7 Å². The third-order valence-corrected chi connectivity index (χ3v) is 4.74. The molecule has 0 radical (unpaired) electrons. The number of thioether (sulfide) groups is 1. The first kappa shape index (κ1) is 15.5. The Kier molecular flexibility index (Phi) is 5.07. The summed E-state index contributed by atoms with van der Waals surface area (Å²) in [7, 11) is 0. The monoisotopic (exact) mass is 322 g/mol. The van der Waals surface area contributed by atoms with E-state index in [1.165, 1.54) is 32.1 Å². The van der Waals surface area contributed by atoms with Gasteiger partial charge in [-0.25, -0.2) is 4.68 Å². The topological polar surface area (TPSA) is 82.5 Å². The predicted molar refractivity (Wildman–Crippen MR) is 82.3 cm³/mol. The first-order valence-corrected chi connectivity index (χ1v) is 8.93. The molecule has 0 bridgehead atoms. The molecule has 0 unspecified atom stereocenters. The van der Waals surface area contributed by atoms with Crippen molar-refractivity contribution >= 4 is 11.8 Å². The highest BCUT2D eigenvalue weighted by molar-refractivity contribution is 7.98. The van der Waals surface area contributed by atoms with E-state index < -0.39 is 0 Å². The SMILES string of the molecule is CC(C)Cc1nc(CSc2nnnn2C2CCCCC2)no1. The van der Waals surface area contributed by atoms with Crippen molar-refractivity contribution in [2.45, 2.75) is 69.3 Å². The van der Waals surface area contributed by atoms with Gasteiger partial charge in [-0.15, -0.1) is 5.10 Å². The van der Waals surface area contributed by atoms with Crippen molar-refractivity contribution in [2.24, 2.45) is 5.92 Å². The molecule has 0 amide bonds. The lowest BCUT2D eigenvalue weighted by molar-refractivity contribution is 0.307. The number of hydrogen-bond acceptors (Lipinski definition) is 7. The first-order valence-electron chi connectivity index (χ1n) is 7.94. The summed E-state index contributed by atoms with van der Waals surface area (Å²) < 4.78 is 7.23. The number of aromatic nitrogens is 6. The van der Waals surface area contributed by atoms with Gasteiger partial charge in [0, 0.05) is 6.42 Å². The predicted octanol–water partition coefficient (Wildman–Crippen LogP) is 3.05. The Morgan fingerprint density at radius 3 is 2.86 bits per heavy atom. The summed E-state index contributed by atoms with van der Waals surface area (Å²) in [5, 5.41) is 17.0. The van der Waals surface area contributed by atoms with E-state index in [9.17, 15) is 0 Å². The van der Waals surface area contributed by atoms with Crippen molar-refractivity contribution < 1.29 is 4.52 Å². The van der Waals surface area contributed by atoms with E-state index in [2.05, 4.69) is 39.5 Å². The molecule has 7 nitrogen and oxygen atoms in total. The van der Waals surface area contributed by atoms with Crippen LogP contribution >= 0.6 is 11.8 Å². The molecule has 0 aliphatic heterocycles. The lowest BCUT2D eigenvalue weighted by atomic mass is 9.96. The van der Waals surface area contributed by atoms with E-state index in [0.717, 1.165) is 11.6 Å². The van der Waals surface area contributed by atoms with Crippen LogP contribution in [-0.2, 0) is 12.2 Å². The van der Waals surface area contributed by atoms with Crippen LogP contribution in [0.2, 0.25) is 0 Å². The molecule has 1 aliphatic carbocycles. The van der Waals surface area contributed by atoms with E-state index in [0.29, 0.717) is 29.4 Å². The van der Waals surface area contributed by atoms with Gasteiger partial charge in [0.25, 0.3) is 0 Å². The number of rotatable bonds is 6. The third-order valence-electron chi connectivity index (χ3n) is 3.81. The third kappa shape index (κ3) is 3.85. The van der Waals surface area contributed by atoms with Crippen molar-refractivity contribution in [3.63, 3.8) is 0 Å². The zero-order chi connectivity index (χ0) is 15.4. The molecular weight excluding hydrogens is 300 g/mol. The van der Waals surface area contributed by atoms with Gasteiger partial charge in [-0.1, -0.05) is 50.0 Å². The highest BCUT2D eigenvalue weighted by Gasteiger charge is 2.20.